The number of likely N-dealkylation sites (N-methyl/N-ethyl adjacent to an activating group) is 1. The van der Waals surface area contributed by atoms with Gasteiger partial charge in [-0.15, -0.1) is 0 Å². The van der Waals surface area contributed by atoms with Gasteiger partial charge in [0.2, 0.25) is 0 Å². The third kappa shape index (κ3) is 2.65. The maximum atomic E-state index is 5.41. The topological polar surface area (TPSA) is 25.2 Å². The fourth-order valence-corrected chi connectivity index (χ4v) is 2.41. The molecule has 0 aliphatic carbocycles. The van der Waals surface area contributed by atoms with Crippen molar-refractivity contribution in [3.8, 4) is 0 Å². The zero-order valence-electron chi connectivity index (χ0n) is 11.6. The number of benzene rings is 1. The Hall–Kier alpha value is -1.54. The molecule has 0 bridgehead atoms. The Bertz CT molecular complexity index is 507. The average molecular weight is 243 g/mol. The van der Waals surface area contributed by atoms with Gasteiger partial charge in [-0.25, -0.2) is 0 Å². The molecule has 2 rings (SSSR count). The summed E-state index contributed by atoms with van der Waals surface area (Å²) in [6.07, 6.45) is 2.85. The molecule has 1 atom stereocenters. The first-order valence-corrected chi connectivity index (χ1v) is 6.39. The van der Waals surface area contributed by atoms with Crippen LogP contribution < -0.4 is 5.32 Å². The second kappa shape index (κ2) is 5.40. The van der Waals surface area contributed by atoms with E-state index in [1.165, 1.54) is 22.3 Å². The van der Waals surface area contributed by atoms with Crippen LogP contribution in [0.3, 0.4) is 0 Å². The molecule has 2 nitrogen and oxygen atoms in total. The van der Waals surface area contributed by atoms with Crippen molar-refractivity contribution in [3.63, 3.8) is 0 Å². The maximum Gasteiger partial charge on any atom is 0.101 e. The predicted molar refractivity (Wildman–Crippen MR) is 74.9 cm³/mol. The minimum atomic E-state index is 0.308. The van der Waals surface area contributed by atoms with Crippen LogP contribution in [-0.2, 0) is 6.42 Å². The van der Waals surface area contributed by atoms with Crippen molar-refractivity contribution in [2.75, 3.05) is 7.05 Å². The highest BCUT2D eigenvalue weighted by Gasteiger charge is 2.14. The molecule has 96 valence electrons. The Balaban J connectivity index is 2.26. The Morgan fingerprint density at radius 1 is 1.17 bits per heavy atom. The van der Waals surface area contributed by atoms with Crippen LogP contribution in [0.15, 0.2) is 34.9 Å². The number of hydrogen-bond acceptors (Lipinski definition) is 2. The lowest BCUT2D eigenvalue weighted by atomic mass is 9.94. The van der Waals surface area contributed by atoms with E-state index in [0.717, 1.165) is 12.2 Å². The van der Waals surface area contributed by atoms with Crippen molar-refractivity contribution in [2.45, 2.75) is 33.2 Å². The summed E-state index contributed by atoms with van der Waals surface area (Å²) in [5, 5.41) is 3.37. The molecule has 0 fully saturated rings. The minimum Gasteiger partial charge on any atom is -0.469 e. The van der Waals surface area contributed by atoms with Crippen molar-refractivity contribution in [1.82, 2.24) is 5.32 Å². The van der Waals surface area contributed by atoms with Crippen LogP contribution in [0.25, 0.3) is 0 Å². The van der Waals surface area contributed by atoms with Crippen molar-refractivity contribution < 1.29 is 4.42 Å². The van der Waals surface area contributed by atoms with E-state index in [9.17, 15) is 0 Å². The molecule has 2 aromatic rings. The summed E-state index contributed by atoms with van der Waals surface area (Å²) < 4.78 is 5.41. The molecule has 18 heavy (non-hydrogen) atoms. The van der Waals surface area contributed by atoms with Gasteiger partial charge in [0.05, 0.1) is 6.26 Å². The van der Waals surface area contributed by atoms with E-state index in [1.807, 2.05) is 20.2 Å². The van der Waals surface area contributed by atoms with Gasteiger partial charge >= 0.3 is 0 Å². The Morgan fingerprint density at radius 3 is 2.33 bits per heavy atom. The minimum absolute atomic E-state index is 0.308. The second-order valence-electron chi connectivity index (χ2n) is 4.91. The van der Waals surface area contributed by atoms with Gasteiger partial charge in [-0.3, -0.25) is 0 Å². The molecule has 0 saturated carbocycles. The van der Waals surface area contributed by atoms with Gasteiger partial charge in [0, 0.05) is 11.6 Å². The molecule has 0 amide bonds. The maximum absolute atomic E-state index is 5.41. The molecule has 1 heterocycles. The second-order valence-corrected chi connectivity index (χ2v) is 4.91. The molecule has 1 N–H and O–H groups in total. The van der Waals surface area contributed by atoms with E-state index in [1.54, 1.807) is 0 Å². The van der Waals surface area contributed by atoms with E-state index < -0.39 is 0 Å². The van der Waals surface area contributed by atoms with Gasteiger partial charge in [0.1, 0.15) is 5.76 Å². The number of hydrogen-bond donors (Lipinski definition) is 1. The first kappa shape index (κ1) is 12.9. The number of aryl methyl sites for hydroxylation is 3. The lowest BCUT2D eigenvalue weighted by Crippen LogP contribution is -2.19. The van der Waals surface area contributed by atoms with E-state index in [2.05, 4.69) is 43.4 Å². The summed E-state index contributed by atoms with van der Waals surface area (Å²) in [4.78, 5) is 0. The summed E-state index contributed by atoms with van der Waals surface area (Å²) in [5.41, 5.74) is 5.36. The smallest absolute Gasteiger partial charge is 0.101 e. The van der Waals surface area contributed by atoms with Crippen molar-refractivity contribution in [1.29, 1.82) is 0 Å². The molecule has 1 aromatic heterocycles. The molecule has 0 aliphatic heterocycles. The zero-order chi connectivity index (χ0) is 13.1. The average Bonchev–Trinajstić information content (AvgIpc) is 2.76. The molecule has 0 radical (unpaired) electrons. The van der Waals surface area contributed by atoms with Crippen LogP contribution in [-0.4, -0.2) is 7.05 Å². The monoisotopic (exact) mass is 243 g/mol. The summed E-state index contributed by atoms with van der Waals surface area (Å²) in [6, 6.07) is 8.88. The molecule has 0 aliphatic rings. The quantitative estimate of drug-likeness (QED) is 0.885. The highest BCUT2D eigenvalue weighted by atomic mass is 16.3. The summed E-state index contributed by atoms with van der Waals surface area (Å²) in [7, 11) is 2.00. The lowest BCUT2D eigenvalue weighted by Gasteiger charge is -2.17. The highest BCUT2D eigenvalue weighted by Crippen LogP contribution is 2.24. The molecule has 2 heteroatoms. The van der Waals surface area contributed by atoms with E-state index in [4.69, 9.17) is 4.42 Å². The SMILES string of the molecule is CNC(Cc1c(C)cccc1C)c1coc(C)c1. The molecule has 0 saturated heterocycles. The van der Waals surface area contributed by atoms with Crippen LogP contribution in [0.4, 0.5) is 0 Å². The van der Waals surface area contributed by atoms with Crippen LogP contribution in [0.5, 0.6) is 0 Å². The largest absolute Gasteiger partial charge is 0.469 e. The van der Waals surface area contributed by atoms with Crippen LogP contribution in [0.2, 0.25) is 0 Å². The van der Waals surface area contributed by atoms with E-state index in [-0.39, 0.29) is 0 Å². The third-order valence-corrected chi connectivity index (χ3v) is 3.55. The van der Waals surface area contributed by atoms with Gasteiger partial charge in [-0.2, -0.15) is 0 Å². The molecule has 0 spiro atoms. The van der Waals surface area contributed by atoms with Crippen LogP contribution in [0, 0.1) is 20.8 Å². The fourth-order valence-electron chi connectivity index (χ4n) is 2.41. The summed E-state index contributed by atoms with van der Waals surface area (Å²) in [6.45, 7) is 6.33. The summed E-state index contributed by atoms with van der Waals surface area (Å²) >= 11 is 0. The van der Waals surface area contributed by atoms with Gasteiger partial charge in [-0.05, 0) is 57.0 Å². The lowest BCUT2D eigenvalue weighted by molar-refractivity contribution is 0.520. The molecular weight excluding hydrogens is 222 g/mol. The molecule has 1 aromatic carbocycles. The van der Waals surface area contributed by atoms with Crippen molar-refractivity contribution >= 4 is 0 Å². The summed E-state index contributed by atoms with van der Waals surface area (Å²) in [5.74, 6) is 0.965. The van der Waals surface area contributed by atoms with Gasteiger partial charge in [-0.1, -0.05) is 18.2 Å². The van der Waals surface area contributed by atoms with Crippen molar-refractivity contribution in [3.05, 3.63) is 58.5 Å². The van der Waals surface area contributed by atoms with Crippen LogP contribution in [0.1, 0.15) is 34.1 Å². The molecule has 1 unspecified atom stereocenters. The normalized spacial score (nSPS) is 12.7. The number of furan rings is 1. The van der Waals surface area contributed by atoms with Gasteiger partial charge in [0.25, 0.3) is 0 Å². The number of nitrogens with one attached hydrogen (secondary N) is 1. The Labute approximate surface area is 109 Å². The molecular formula is C16H21NO. The van der Waals surface area contributed by atoms with Crippen LogP contribution >= 0.6 is 0 Å². The van der Waals surface area contributed by atoms with Crippen molar-refractivity contribution in [2.24, 2.45) is 0 Å². The van der Waals surface area contributed by atoms with Gasteiger partial charge < -0.3 is 9.73 Å². The van der Waals surface area contributed by atoms with Gasteiger partial charge in [0.15, 0.2) is 0 Å². The predicted octanol–water partition coefficient (Wildman–Crippen LogP) is 3.71. The Kier molecular flexibility index (Phi) is 3.87. The first-order chi connectivity index (χ1) is 8.61. The fraction of sp³-hybridized carbons (Fsp3) is 0.375. The zero-order valence-corrected chi connectivity index (χ0v) is 11.6. The van der Waals surface area contributed by atoms with E-state index in [0.29, 0.717) is 6.04 Å². The van der Waals surface area contributed by atoms with E-state index >= 15 is 0 Å². The standard InChI is InChI=1S/C16H21NO/c1-11-6-5-7-12(2)15(11)9-16(17-4)14-8-13(3)18-10-14/h5-8,10,16-17H,9H2,1-4H3. The third-order valence-electron chi connectivity index (χ3n) is 3.55. The first-order valence-electron chi connectivity index (χ1n) is 6.39. The number of rotatable bonds is 4. The Morgan fingerprint density at radius 2 is 1.83 bits per heavy atom. The highest BCUT2D eigenvalue weighted by molar-refractivity contribution is 5.35.